The third-order valence-corrected chi connectivity index (χ3v) is 17.3. The maximum absolute atomic E-state index is 6.48. The Morgan fingerprint density at radius 1 is 0.829 bits per heavy atom. The first-order chi connectivity index (χ1) is 15.7. The number of aryl methyl sites for hydroxylation is 6. The van der Waals surface area contributed by atoms with E-state index in [1.807, 2.05) is 0 Å². The van der Waals surface area contributed by atoms with E-state index in [-0.39, 0.29) is 31.4 Å². The topological polar surface area (TPSA) is 9.23 Å². The van der Waals surface area contributed by atoms with Gasteiger partial charge < -0.3 is 4.43 Å². The van der Waals surface area contributed by atoms with Crippen LogP contribution in [-0.2, 0) is 10.6 Å². The van der Waals surface area contributed by atoms with Crippen LogP contribution in [0.1, 0.15) is 67.0 Å². The van der Waals surface area contributed by atoms with E-state index in [0.29, 0.717) is 0 Å². The van der Waals surface area contributed by atoms with Crippen LogP contribution in [0.5, 0.6) is 0 Å². The van der Waals surface area contributed by atoms with Gasteiger partial charge >= 0.3 is 18.9 Å². The Kier molecular flexibility index (Phi) is 10.5. The summed E-state index contributed by atoms with van der Waals surface area (Å²) in [6.07, 6.45) is 3.70. The average molecular weight is 519 g/mol. The summed E-state index contributed by atoms with van der Waals surface area (Å²) in [5.41, 5.74) is 11.6. The van der Waals surface area contributed by atoms with Gasteiger partial charge in [0.1, 0.15) is 0 Å². The quantitative estimate of drug-likeness (QED) is 0.167. The normalized spacial score (nSPS) is 12.9. The predicted molar refractivity (Wildman–Crippen MR) is 159 cm³/mol. The molecule has 3 rings (SSSR count). The number of rotatable bonds is 8. The first-order valence-electron chi connectivity index (χ1n) is 12.8. The van der Waals surface area contributed by atoms with Gasteiger partial charge in [-0.2, -0.15) is 7.53 Å². The summed E-state index contributed by atoms with van der Waals surface area (Å²) in [5, 5.41) is 3.68. The first kappa shape index (κ1) is 30.8. The fourth-order valence-corrected chi connectivity index (χ4v) is 11.6. The number of hydrogen-bond acceptors (Lipinski definition) is 1. The largest absolute Gasteiger partial charge is 1.00 e. The molecule has 1 nitrogen and oxygen atoms in total. The zero-order chi connectivity index (χ0) is 25.4. The Hall–Kier alpha value is -0.446. The molecule has 186 valence electrons. The monoisotopic (exact) mass is 518 g/mol. The van der Waals surface area contributed by atoms with Gasteiger partial charge in [0.25, 0.3) is 0 Å². The molecule has 0 unspecified atom stereocenters. The summed E-state index contributed by atoms with van der Waals surface area (Å²) >= 11 is 0. The summed E-state index contributed by atoms with van der Waals surface area (Å²) < 4.78 is 6.48. The van der Waals surface area contributed by atoms with Crippen molar-refractivity contribution in [2.75, 3.05) is 6.61 Å². The molecule has 35 heavy (non-hydrogen) atoms. The van der Waals surface area contributed by atoms with Crippen LogP contribution in [0.15, 0.2) is 24.3 Å². The maximum Gasteiger partial charge on any atom is 1.00 e. The van der Waals surface area contributed by atoms with Crippen molar-refractivity contribution in [3.63, 3.8) is 0 Å². The molecular weight excluding hydrogens is 473 g/mol. The van der Waals surface area contributed by atoms with Crippen molar-refractivity contribution in [3.05, 3.63) is 57.6 Å². The van der Waals surface area contributed by atoms with E-state index in [1.165, 1.54) is 60.6 Å². The minimum atomic E-state index is -1.66. The Balaban J connectivity index is 0.00000432. The van der Waals surface area contributed by atoms with E-state index in [1.54, 1.807) is 21.2 Å². The van der Waals surface area contributed by atoms with Gasteiger partial charge in [-0.3, -0.25) is 0 Å². The van der Waals surface area contributed by atoms with E-state index in [9.17, 15) is 0 Å². The Bertz CT molecular complexity index is 1050. The van der Waals surface area contributed by atoms with Crippen molar-refractivity contribution in [2.45, 2.75) is 99.4 Å². The molecule has 1 heterocycles. The molecule has 0 aliphatic rings. The molecule has 0 spiro atoms. The predicted octanol–water partition coefficient (Wildman–Crippen LogP) is 7.96. The molecule has 1 aromatic heterocycles. The van der Waals surface area contributed by atoms with Crippen LogP contribution < -0.4 is 18.9 Å². The summed E-state index contributed by atoms with van der Waals surface area (Å²) in [4.78, 5) is 0. The van der Waals surface area contributed by atoms with Crippen LogP contribution in [0.3, 0.4) is 0 Å². The van der Waals surface area contributed by atoms with Gasteiger partial charge in [0.05, 0.1) is 0 Å². The van der Waals surface area contributed by atoms with Gasteiger partial charge in [0, 0.05) is 6.61 Å². The van der Waals surface area contributed by atoms with Gasteiger partial charge in [-0.05, 0) is 91.6 Å². The van der Waals surface area contributed by atoms with Crippen LogP contribution in [0.25, 0.3) is 21.2 Å². The number of hydrogen-bond donors (Lipinski definition) is 0. The van der Waals surface area contributed by atoms with E-state index in [4.69, 9.17) is 4.43 Å². The maximum atomic E-state index is 6.48. The third kappa shape index (κ3) is 6.91. The van der Waals surface area contributed by atoms with Crippen molar-refractivity contribution >= 4 is 24.0 Å². The summed E-state index contributed by atoms with van der Waals surface area (Å²) in [5.74, 6) is 0. The van der Waals surface area contributed by atoms with Crippen LogP contribution in [0.2, 0.25) is 18.1 Å². The summed E-state index contributed by atoms with van der Waals surface area (Å²) in [6.45, 7) is 26.3. The zero-order valence-corrected chi connectivity index (χ0v) is 27.2. The van der Waals surface area contributed by atoms with Crippen molar-refractivity contribution < 1.29 is 23.3 Å². The minimum Gasteiger partial charge on any atom is -0.417 e. The van der Waals surface area contributed by atoms with Crippen molar-refractivity contribution in [1.29, 1.82) is 0 Å². The molecule has 0 fully saturated rings. The van der Waals surface area contributed by atoms with Gasteiger partial charge in [0.2, 0.25) is 0 Å². The average Bonchev–Trinajstić information content (AvgIpc) is 2.66. The molecule has 0 N–H and O–H groups in total. The van der Waals surface area contributed by atoms with Crippen LogP contribution in [0, 0.1) is 41.5 Å². The fourth-order valence-electron chi connectivity index (χ4n) is 4.85. The molecule has 0 radical (unpaired) electrons. The molecule has 0 aliphatic carbocycles. The Morgan fingerprint density at radius 3 is 1.80 bits per heavy atom. The molecular formula is C30H45LiOP2Si. The van der Waals surface area contributed by atoms with E-state index >= 15 is 0 Å². The van der Waals surface area contributed by atoms with Crippen LogP contribution in [-0.4, -0.2) is 14.9 Å². The van der Waals surface area contributed by atoms with Crippen LogP contribution in [0.4, 0.5) is 0 Å². The number of benzene rings is 2. The smallest absolute Gasteiger partial charge is 0.417 e. The second-order valence-corrected chi connectivity index (χ2v) is 20.6. The van der Waals surface area contributed by atoms with Crippen LogP contribution >= 0.6 is 15.7 Å². The first-order valence-corrected chi connectivity index (χ1v) is 18.1. The van der Waals surface area contributed by atoms with Gasteiger partial charge in [-0.15, -0.1) is 24.9 Å². The summed E-state index contributed by atoms with van der Waals surface area (Å²) in [7, 11) is -0.450. The van der Waals surface area contributed by atoms with E-state index < -0.39 is 8.32 Å². The molecule has 0 saturated heterocycles. The Labute approximate surface area is 231 Å². The molecule has 0 saturated carbocycles. The molecule has 3 aromatic rings. The van der Waals surface area contributed by atoms with Crippen molar-refractivity contribution in [2.24, 2.45) is 0 Å². The molecule has 0 bridgehead atoms. The van der Waals surface area contributed by atoms with Gasteiger partial charge in [-0.1, -0.05) is 70.0 Å². The standard InChI is InChI=1S/C30H45OP2Si.Li/c1-20-16-22(3)26(23(4)17-20)28-32-29(27-24(5)18-21(2)19-25(27)6)33(28)15-13-12-14-31-34(10,11)30(7,8)9;/h16-19H,12-15H2,1-11H3;/q-1;+1. The van der Waals surface area contributed by atoms with Gasteiger partial charge in [0.15, 0.2) is 8.32 Å². The summed E-state index contributed by atoms with van der Waals surface area (Å²) in [6, 6.07) is 9.47. The van der Waals surface area contributed by atoms with E-state index in [2.05, 4.69) is 99.7 Å². The van der Waals surface area contributed by atoms with E-state index in [0.717, 1.165) is 6.61 Å². The van der Waals surface area contributed by atoms with Gasteiger partial charge in [-0.25, -0.2) is 0 Å². The fraction of sp³-hybridized carbons (Fsp3) is 0.533. The number of unbranched alkanes of at least 4 members (excludes halogenated alkanes) is 1. The minimum absolute atomic E-state index is 0. The second-order valence-electron chi connectivity index (χ2n) is 11.8. The molecule has 0 atom stereocenters. The molecule has 0 amide bonds. The molecule has 0 aliphatic heterocycles. The molecule has 5 heteroatoms. The zero-order valence-electron chi connectivity index (χ0n) is 24.4. The molecule has 2 aromatic carbocycles. The SMILES string of the molecule is Cc1cc(C)c(-c2p[c-](-c3c(C)cc(C)cc3C)p2CCCCO[Si](C)(C)C(C)(C)C)c(C)c1.[Li+]. The Morgan fingerprint density at radius 2 is 1.31 bits per heavy atom. The van der Waals surface area contributed by atoms with Crippen molar-refractivity contribution in [1.82, 2.24) is 0 Å². The second kappa shape index (κ2) is 11.9. The van der Waals surface area contributed by atoms with Crippen molar-refractivity contribution in [3.8, 4) is 21.2 Å². The third-order valence-electron chi connectivity index (χ3n) is 7.57.